The molecule has 2 aromatic carbocycles. The minimum atomic E-state index is -0.586. The maximum absolute atomic E-state index is 13.1. The number of hydrogen-bond acceptors (Lipinski definition) is 3. The molecule has 1 N–H and O–H groups in total. The van der Waals surface area contributed by atoms with Gasteiger partial charge < -0.3 is 10.2 Å². The Bertz CT molecular complexity index is 863. The Hall–Kier alpha value is -1.69. The molecule has 0 bridgehead atoms. The Morgan fingerprint density at radius 1 is 1.03 bits per heavy atom. The number of carbonyl (C=O) groups excluding carboxylic acids is 2. The molecule has 2 atom stereocenters. The van der Waals surface area contributed by atoms with E-state index in [4.69, 9.17) is 23.2 Å². The average Bonchev–Trinajstić information content (AvgIpc) is 2.71. The van der Waals surface area contributed by atoms with E-state index >= 15 is 0 Å². The summed E-state index contributed by atoms with van der Waals surface area (Å²) in [6.45, 7) is 6.06. The van der Waals surface area contributed by atoms with Gasteiger partial charge in [-0.2, -0.15) is 0 Å². The molecule has 4 nitrogen and oxygen atoms in total. The molecular formula is C23H28Cl2N2O2S. The Morgan fingerprint density at radius 2 is 1.63 bits per heavy atom. The number of nitrogens with zero attached hydrogens (tertiary/aromatic N) is 1. The lowest BCUT2D eigenvalue weighted by atomic mass is 10.1. The van der Waals surface area contributed by atoms with Crippen molar-refractivity contribution in [2.24, 2.45) is 0 Å². The summed E-state index contributed by atoms with van der Waals surface area (Å²) in [5.41, 5.74) is 1.95. The first-order valence-electron chi connectivity index (χ1n) is 9.96. The maximum Gasteiger partial charge on any atom is 0.242 e. The van der Waals surface area contributed by atoms with Gasteiger partial charge in [0.2, 0.25) is 11.8 Å². The van der Waals surface area contributed by atoms with Crippen molar-refractivity contribution in [3.63, 3.8) is 0 Å². The molecule has 2 amide bonds. The van der Waals surface area contributed by atoms with Gasteiger partial charge in [-0.1, -0.05) is 54.4 Å². The molecular weight excluding hydrogens is 439 g/mol. The molecule has 162 valence electrons. The van der Waals surface area contributed by atoms with Gasteiger partial charge in [0.05, 0.1) is 5.75 Å². The quantitative estimate of drug-likeness (QED) is 0.498. The normalized spacial score (nSPS) is 12.8. The van der Waals surface area contributed by atoms with Crippen LogP contribution < -0.4 is 5.32 Å². The molecule has 0 unspecified atom stereocenters. The van der Waals surface area contributed by atoms with Crippen LogP contribution in [0.25, 0.3) is 0 Å². The fourth-order valence-corrected chi connectivity index (χ4v) is 4.13. The SMILES string of the molecule is CC[C@H](C)NC(=O)[C@@H](C)N(Cc1cccc(Cl)c1)C(=O)CSCc1cccc(Cl)c1. The fraction of sp³-hybridized carbons (Fsp3) is 0.391. The van der Waals surface area contributed by atoms with E-state index in [1.165, 1.54) is 11.8 Å². The zero-order valence-corrected chi connectivity index (χ0v) is 19.9. The predicted octanol–water partition coefficient (Wildman–Crippen LogP) is 5.56. The van der Waals surface area contributed by atoms with E-state index in [-0.39, 0.29) is 23.6 Å². The first-order valence-corrected chi connectivity index (χ1v) is 11.9. The van der Waals surface area contributed by atoms with E-state index in [9.17, 15) is 9.59 Å². The van der Waals surface area contributed by atoms with Crippen molar-refractivity contribution in [1.29, 1.82) is 0 Å². The van der Waals surface area contributed by atoms with E-state index in [0.717, 1.165) is 17.5 Å². The third-order valence-electron chi connectivity index (χ3n) is 4.79. The highest BCUT2D eigenvalue weighted by atomic mass is 35.5. The van der Waals surface area contributed by atoms with Crippen LogP contribution in [0.3, 0.4) is 0 Å². The standard InChI is InChI=1S/C23H28Cl2N2O2S/c1-4-16(2)26-23(29)17(3)27(13-18-7-5-9-20(24)11-18)22(28)15-30-14-19-8-6-10-21(25)12-19/h5-12,16-17H,4,13-15H2,1-3H3,(H,26,29)/t16-,17+/m0/s1. The van der Waals surface area contributed by atoms with Crippen LogP contribution in [0.2, 0.25) is 10.0 Å². The molecule has 0 spiro atoms. The molecule has 0 fully saturated rings. The van der Waals surface area contributed by atoms with Gasteiger partial charge in [-0.15, -0.1) is 11.8 Å². The molecule has 2 aromatic rings. The van der Waals surface area contributed by atoms with Gasteiger partial charge in [-0.25, -0.2) is 0 Å². The Balaban J connectivity index is 2.08. The topological polar surface area (TPSA) is 49.4 Å². The molecule has 30 heavy (non-hydrogen) atoms. The van der Waals surface area contributed by atoms with Crippen LogP contribution in [-0.2, 0) is 21.9 Å². The van der Waals surface area contributed by atoms with Crippen LogP contribution in [0, 0.1) is 0 Å². The smallest absolute Gasteiger partial charge is 0.242 e. The minimum absolute atomic E-state index is 0.0558. The largest absolute Gasteiger partial charge is 0.352 e. The van der Waals surface area contributed by atoms with Gasteiger partial charge in [0.15, 0.2) is 0 Å². The van der Waals surface area contributed by atoms with E-state index in [0.29, 0.717) is 22.3 Å². The molecule has 0 saturated carbocycles. The van der Waals surface area contributed by atoms with Gasteiger partial charge in [0.1, 0.15) is 6.04 Å². The maximum atomic E-state index is 13.1. The predicted molar refractivity (Wildman–Crippen MR) is 127 cm³/mol. The van der Waals surface area contributed by atoms with Gasteiger partial charge in [0.25, 0.3) is 0 Å². The third kappa shape index (κ3) is 7.86. The number of halogens is 2. The summed E-state index contributed by atoms with van der Waals surface area (Å²) in [5, 5.41) is 4.25. The Labute approximate surface area is 193 Å². The number of carbonyl (C=O) groups is 2. The van der Waals surface area contributed by atoms with Crippen molar-refractivity contribution < 1.29 is 9.59 Å². The zero-order chi connectivity index (χ0) is 22.1. The lowest BCUT2D eigenvalue weighted by Gasteiger charge is -2.29. The van der Waals surface area contributed by atoms with Crippen molar-refractivity contribution >= 4 is 46.8 Å². The highest BCUT2D eigenvalue weighted by Crippen LogP contribution is 2.19. The molecule has 0 aliphatic rings. The number of nitrogens with one attached hydrogen (secondary N) is 1. The number of hydrogen-bond donors (Lipinski definition) is 1. The van der Waals surface area contributed by atoms with E-state index < -0.39 is 6.04 Å². The van der Waals surface area contributed by atoms with Gasteiger partial charge in [-0.3, -0.25) is 9.59 Å². The van der Waals surface area contributed by atoms with Crippen LogP contribution in [0.4, 0.5) is 0 Å². The number of amides is 2. The average molecular weight is 467 g/mol. The monoisotopic (exact) mass is 466 g/mol. The Kier molecular flexibility index (Phi) is 10.0. The lowest BCUT2D eigenvalue weighted by Crippen LogP contribution is -2.50. The summed E-state index contributed by atoms with van der Waals surface area (Å²) >= 11 is 13.6. The van der Waals surface area contributed by atoms with Crippen molar-refractivity contribution in [2.45, 2.75) is 51.6 Å². The van der Waals surface area contributed by atoms with Crippen LogP contribution in [0.1, 0.15) is 38.3 Å². The number of rotatable bonds is 10. The number of thioether (sulfide) groups is 1. The lowest BCUT2D eigenvalue weighted by molar-refractivity contribution is -0.138. The van der Waals surface area contributed by atoms with Crippen LogP contribution in [0.15, 0.2) is 48.5 Å². The van der Waals surface area contributed by atoms with E-state index in [2.05, 4.69) is 5.32 Å². The molecule has 0 aliphatic heterocycles. The van der Waals surface area contributed by atoms with Crippen LogP contribution >= 0.6 is 35.0 Å². The first kappa shape index (κ1) is 24.6. The Morgan fingerprint density at radius 3 is 2.23 bits per heavy atom. The van der Waals surface area contributed by atoms with Crippen molar-refractivity contribution in [3.8, 4) is 0 Å². The zero-order valence-electron chi connectivity index (χ0n) is 17.5. The molecule has 0 aliphatic carbocycles. The van der Waals surface area contributed by atoms with Gasteiger partial charge >= 0.3 is 0 Å². The van der Waals surface area contributed by atoms with Crippen molar-refractivity contribution in [2.75, 3.05) is 5.75 Å². The summed E-state index contributed by atoms with van der Waals surface area (Å²) < 4.78 is 0. The van der Waals surface area contributed by atoms with Gasteiger partial charge in [-0.05, 0) is 55.7 Å². The fourth-order valence-electron chi connectivity index (χ4n) is 2.85. The second kappa shape index (κ2) is 12.2. The molecule has 0 aromatic heterocycles. The van der Waals surface area contributed by atoms with Crippen LogP contribution in [-0.4, -0.2) is 34.6 Å². The molecule has 0 heterocycles. The summed E-state index contributed by atoms with van der Waals surface area (Å²) in [6.07, 6.45) is 0.830. The second-order valence-electron chi connectivity index (χ2n) is 7.27. The van der Waals surface area contributed by atoms with E-state index in [1.807, 2.05) is 56.3 Å². The minimum Gasteiger partial charge on any atom is -0.352 e. The third-order valence-corrected chi connectivity index (χ3v) is 6.25. The first-order chi connectivity index (χ1) is 14.3. The summed E-state index contributed by atoms with van der Waals surface area (Å²) in [5.74, 6) is 0.701. The highest BCUT2D eigenvalue weighted by molar-refractivity contribution is 7.99. The summed E-state index contributed by atoms with van der Waals surface area (Å²) in [4.78, 5) is 27.4. The van der Waals surface area contributed by atoms with Gasteiger partial charge in [0, 0.05) is 28.4 Å². The summed E-state index contributed by atoms with van der Waals surface area (Å²) in [7, 11) is 0. The molecule has 0 radical (unpaired) electrons. The molecule has 7 heteroatoms. The van der Waals surface area contributed by atoms with Crippen LogP contribution in [0.5, 0.6) is 0 Å². The number of benzene rings is 2. The van der Waals surface area contributed by atoms with Crippen molar-refractivity contribution in [1.82, 2.24) is 10.2 Å². The second-order valence-corrected chi connectivity index (χ2v) is 9.13. The summed E-state index contributed by atoms with van der Waals surface area (Å²) in [6, 6.07) is 14.4. The van der Waals surface area contributed by atoms with Crippen molar-refractivity contribution in [3.05, 3.63) is 69.7 Å². The van der Waals surface area contributed by atoms with E-state index in [1.54, 1.807) is 17.9 Å². The highest BCUT2D eigenvalue weighted by Gasteiger charge is 2.26. The molecule has 2 rings (SSSR count). The molecule has 0 saturated heterocycles.